The van der Waals surface area contributed by atoms with Crippen LogP contribution in [0.25, 0.3) is 0 Å². The van der Waals surface area contributed by atoms with Gasteiger partial charge < -0.3 is 15.7 Å². The van der Waals surface area contributed by atoms with Crippen LogP contribution in [0, 0.1) is 0 Å². The van der Waals surface area contributed by atoms with Gasteiger partial charge in [0.15, 0.2) is 0 Å². The number of halogens is 3. The van der Waals surface area contributed by atoms with E-state index in [1.807, 2.05) is 0 Å². The fourth-order valence-corrected chi connectivity index (χ4v) is 5.12. The Hall–Kier alpha value is -2.79. The summed E-state index contributed by atoms with van der Waals surface area (Å²) < 4.78 is 65.0. The van der Waals surface area contributed by atoms with Crippen molar-refractivity contribution >= 4 is 21.8 Å². The molecule has 0 saturated carbocycles. The van der Waals surface area contributed by atoms with E-state index >= 15 is 0 Å². The molecule has 1 saturated heterocycles. The van der Waals surface area contributed by atoms with Crippen molar-refractivity contribution < 1.29 is 31.5 Å². The molecule has 168 valence electrons. The summed E-state index contributed by atoms with van der Waals surface area (Å²) >= 11 is 0. The predicted molar refractivity (Wildman–Crippen MR) is 108 cm³/mol. The van der Waals surface area contributed by atoms with Gasteiger partial charge in [0.2, 0.25) is 10.0 Å². The Morgan fingerprint density at radius 2 is 1.74 bits per heavy atom. The standard InChI is InChI=1S/C20H22F3N3O4S/c21-20(22,23)15-5-3-14(4-6-15)12-24-16-7-9-18(10-8-16)31(29,30)26-11-1-2-17(26)13-25-19(27)28/h3-10,17,24-25H,1-2,11-13H2,(H,27,28)/t17-/m1/s1. The van der Waals surface area contributed by atoms with E-state index in [0.717, 1.165) is 12.1 Å². The van der Waals surface area contributed by atoms with Crippen molar-refractivity contribution in [2.45, 2.75) is 36.5 Å². The van der Waals surface area contributed by atoms with Crippen molar-refractivity contribution in [3.05, 3.63) is 59.7 Å². The largest absolute Gasteiger partial charge is 0.465 e. The van der Waals surface area contributed by atoms with Gasteiger partial charge in [-0.25, -0.2) is 13.2 Å². The Kier molecular flexibility index (Phi) is 6.75. The van der Waals surface area contributed by atoms with Gasteiger partial charge in [-0.3, -0.25) is 0 Å². The van der Waals surface area contributed by atoms with Crippen molar-refractivity contribution in [2.24, 2.45) is 0 Å². The van der Waals surface area contributed by atoms with Crippen LogP contribution >= 0.6 is 0 Å². The highest BCUT2D eigenvalue weighted by atomic mass is 32.2. The first kappa shape index (κ1) is 22.9. The number of hydrogen-bond donors (Lipinski definition) is 3. The molecule has 0 radical (unpaired) electrons. The van der Waals surface area contributed by atoms with Crippen molar-refractivity contribution in [3.8, 4) is 0 Å². The second kappa shape index (κ2) is 9.15. The molecule has 2 aromatic rings. The van der Waals surface area contributed by atoms with Gasteiger partial charge in [-0.1, -0.05) is 12.1 Å². The zero-order chi connectivity index (χ0) is 22.6. The predicted octanol–water partition coefficient (Wildman–Crippen LogP) is 3.74. The lowest BCUT2D eigenvalue weighted by Crippen LogP contribution is -2.42. The second-order valence-electron chi connectivity index (χ2n) is 7.17. The monoisotopic (exact) mass is 457 g/mol. The van der Waals surface area contributed by atoms with E-state index in [0.29, 0.717) is 30.6 Å². The second-order valence-corrected chi connectivity index (χ2v) is 9.06. The molecular weight excluding hydrogens is 435 g/mol. The molecule has 2 aromatic carbocycles. The Morgan fingerprint density at radius 3 is 2.32 bits per heavy atom. The molecule has 31 heavy (non-hydrogen) atoms. The normalized spacial score (nSPS) is 17.5. The van der Waals surface area contributed by atoms with E-state index in [1.165, 1.54) is 28.6 Å². The highest BCUT2D eigenvalue weighted by Crippen LogP contribution is 2.29. The number of hydrogen-bond acceptors (Lipinski definition) is 4. The van der Waals surface area contributed by atoms with Crippen molar-refractivity contribution in [1.82, 2.24) is 9.62 Å². The number of amides is 1. The molecule has 0 unspecified atom stereocenters. The molecule has 3 N–H and O–H groups in total. The number of nitrogens with one attached hydrogen (secondary N) is 2. The molecule has 11 heteroatoms. The fraction of sp³-hybridized carbons (Fsp3) is 0.350. The van der Waals surface area contributed by atoms with Gasteiger partial charge >= 0.3 is 12.3 Å². The lowest BCUT2D eigenvalue weighted by Gasteiger charge is -2.24. The van der Waals surface area contributed by atoms with E-state index < -0.39 is 33.9 Å². The number of benzene rings is 2. The maximum Gasteiger partial charge on any atom is 0.416 e. The molecular formula is C20H22F3N3O4S. The van der Waals surface area contributed by atoms with Gasteiger partial charge in [-0.15, -0.1) is 0 Å². The van der Waals surface area contributed by atoms with E-state index in [4.69, 9.17) is 5.11 Å². The summed E-state index contributed by atoms with van der Waals surface area (Å²) in [7, 11) is -3.77. The quantitative estimate of drug-likeness (QED) is 0.588. The third-order valence-corrected chi connectivity index (χ3v) is 7.02. The zero-order valence-corrected chi connectivity index (χ0v) is 17.2. The minimum absolute atomic E-state index is 0.0291. The van der Waals surface area contributed by atoms with Crippen LogP contribution in [0.2, 0.25) is 0 Å². The summed E-state index contributed by atoms with van der Waals surface area (Å²) in [6, 6.07) is 10.4. The smallest absolute Gasteiger partial charge is 0.416 e. The number of carboxylic acid groups (broad SMARTS) is 1. The van der Waals surface area contributed by atoms with E-state index in [1.54, 1.807) is 12.1 Å². The van der Waals surface area contributed by atoms with Gasteiger partial charge in [0.25, 0.3) is 0 Å². The number of sulfonamides is 1. The van der Waals surface area contributed by atoms with Gasteiger partial charge in [-0.05, 0) is 54.8 Å². The summed E-state index contributed by atoms with van der Waals surface area (Å²) in [5.74, 6) is 0. The topological polar surface area (TPSA) is 98.7 Å². The summed E-state index contributed by atoms with van der Waals surface area (Å²) in [5, 5.41) is 14.0. The minimum Gasteiger partial charge on any atom is -0.465 e. The molecule has 1 atom stereocenters. The average Bonchev–Trinajstić information content (AvgIpc) is 3.20. The van der Waals surface area contributed by atoms with Crippen LogP contribution in [0.4, 0.5) is 23.7 Å². The SMILES string of the molecule is O=C(O)NC[C@H]1CCCN1S(=O)(=O)c1ccc(NCc2ccc(C(F)(F)F)cc2)cc1. The van der Waals surface area contributed by atoms with Crippen LogP contribution < -0.4 is 10.6 Å². The third-order valence-electron chi connectivity index (χ3n) is 5.05. The molecule has 3 rings (SSSR count). The van der Waals surface area contributed by atoms with Crippen LogP contribution in [0.1, 0.15) is 24.0 Å². The molecule has 0 aromatic heterocycles. The molecule has 1 aliphatic rings. The highest BCUT2D eigenvalue weighted by molar-refractivity contribution is 7.89. The third kappa shape index (κ3) is 5.67. The first-order valence-corrected chi connectivity index (χ1v) is 11.0. The Balaban J connectivity index is 1.63. The maximum atomic E-state index is 12.9. The Morgan fingerprint density at radius 1 is 1.10 bits per heavy atom. The van der Waals surface area contributed by atoms with Crippen molar-refractivity contribution in [3.63, 3.8) is 0 Å². The highest BCUT2D eigenvalue weighted by Gasteiger charge is 2.35. The number of rotatable bonds is 7. The molecule has 7 nitrogen and oxygen atoms in total. The van der Waals surface area contributed by atoms with Crippen molar-refractivity contribution in [2.75, 3.05) is 18.4 Å². The summed E-state index contributed by atoms with van der Waals surface area (Å²) in [5.41, 5.74) is 0.546. The number of nitrogens with zero attached hydrogens (tertiary/aromatic N) is 1. The van der Waals surface area contributed by atoms with Gasteiger partial charge in [0.1, 0.15) is 0 Å². The van der Waals surface area contributed by atoms with E-state index in [9.17, 15) is 26.4 Å². The van der Waals surface area contributed by atoms with Crippen LogP contribution in [0.15, 0.2) is 53.4 Å². The maximum absolute atomic E-state index is 12.9. The molecule has 0 spiro atoms. The molecule has 1 aliphatic heterocycles. The van der Waals surface area contributed by atoms with Crippen molar-refractivity contribution in [1.29, 1.82) is 0 Å². The average molecular weight is 457 g/mol. The number of carbonyl (C=O) groups is 1. The van der Waals surface area contributed by atoms with E-state index in [2.05, 4.69) is 10.6 Å². The number of anilines is 1. The van der Waals surface area contributed by atoms with Crippen LogP contribution in [-0.4, -0.2) is 43.1 Å². The first-order valence-electron chi connectivity index (χ1n) is 9.56. The van der Waals surface area contributed by atoms with Crippen LogP contribution in [0.5, 0.6) is 0 Å². The fourth-order valence-electron chi connectivity index (χ4n) is 3.43. The summed E-state index contributed by atoms with van der Waals surface area (Å²) in [6.45, 7) is 0.628. The first-order chi connectivity index (χ1) is 14.6. The van der Waals surface area contributed by atoms with Crippen LogP contribution in [-0.2, 0) is 22.7 Å². The Labute approximate surface area is 177 Å². The lowest BCUT2D eigenvalue weighted by atomic mass is 10.1. The lowest BCUT2D eigenvalue weighted by molar-refractivity contribution is -0.137. The van der Waals surface area contributed by atoms with E-state index in [-0.39, 0.29) is 18.0 Å². The van der Waals surface area contributed by atoms with Crippen LogP contribution in [0.3, 0.4) is 0 Å². The van der Waals surface area contributed by atoms with Gasteiger partial charge in [-0.2, -0.15) is 17.5 Å². The van der Waals surface area contributed by atoms with Gasteiger partial charge in [0, 0.05) is 31.4 Å². The molecule has 1 amide bonds. The summed E-state index contributed by atoms with van der Waals surface area (Å²) in [4.78, 5) is 10.8. The number of alkyl halides is 3. The summed E-state index contributed by atoms with van der Waals surface area (Å²) in [6.07, 6.45) is -4.36. The minimum atomic E-state index is -4.38. The molecule has 0 bridgehead atoms. The Bertz CT molecular complexity index is 1010. The molecule has 1 fully saturated rings. The molecule has 0 aliphatic carbocycles. The zero-order valence-electron chi connectivity index (χ0n) is 16.4. The van der Waals surface area contributed by atoms with Gasteiger partial charge in [0.05, 0.1) is 10.5 Å². The molecule has 1 heterocycles.